The first-order chi connectivity index (χ1) is 9.63. The normalized spacial score (nSPS) is 24.4. The van der Waals surface area contributed by atoms with Crippen LogP contribution in [0.15, 0.2) is 0 Å². The van der Waals surface area contributed by atoms with Crippen LogP contribution in [0.4, 0.5) is 0 Å². The molecule has 0 aromatic heterocycles. The summed E-state index contributed by atoms with van der Waals surface area (Å²) < 4.78 is 10.7. The molecule has 1 aliphatic rings. The summed E-state index contributed by atoms with van der Waals surface area (Å²) in [6, 6.07) is 0. The standard InChI is InChI=1S/C15H31NO4/c1-12(2)20-7-6-19-11-15(18)9-16-8-13-4-3-5-14(13)10-17/h12-18H,3-11H2,1-2H3. The van der Waals surface area contributed by atoms with E-state index < -0.39 is 6.10 Å². The van der Waals surface area contributed by atoms with Crippen LogP contribution in [0.5, 0.6) is 0 Å². The average molecular weight is 289 g/mol. The number of nitrogens with one attached hydrogen (secondary N) is 1. The molecule has 0 aromatic rings. The van der Waals surface area contributed by atoms with E-state index >= 15 is 0 Å². The van der Waals surface area contributed by atoms with Gasteiger partial charge in [-0.05, 0) is 45.1 Å². The van der Waals surface area contributed by atoms with E-state index in [9.17, 15) is 10.2 Å². The molecular formula is C15H31NO4. The first-order valence-corrected chi connectivity index (χ1v) is 7.82. The Balaban J connectivity index is 1.96. The van der Waals surface area contributed by atoms with Gasteiger partial charge in [0.1, 0.15) is 0 Å². The highest BCUT2D eigenvalue weighted by molar-refractivity contribution is 4.78. The van der Waals surface area contributed by atoms with E-state index in [1.54, 1.807) is 0 Å². The zero-order valence-electron chi connectivity index (χ0n) is 12.9. The van der Waals surface area contributed by atoms with E-state index in [0.29, 0.717) is 38.2 Å². The Hall–Kier alpha value is -0.200. The fourth-order valence-electron chi connectivity index (χ4n) is 2.68. The Kier molecular flexibility index (Phi) is 9.39. The Bertz CT molecular complexity index is 238. The monoisotopic (exact) mass is 289 g/mol. The zero-order chi connectivity index (χ0) is 14.8. The Morgan fingerprint density at radius 1 is 1.20 bits per heavy atom. The lowest BCUT2D eigenvalue weighted by Gasteiger charge is -2.19. The molecule has 0 spiro atoms. The van der Waals surface area contributed by atoms with E-state index in [2.05, 4.69) is 5.32 Å². The van der Waals surface area contributed by atoms with Crippen LogP contribution in [-0.2, 0) is 9.47 Å². The van der Waals surface area contributed by atoms with Gasteiger partial charge in [-0.3, -0.25) is 0 Å². The van der Waals surface area contributed by atoms with Gasteiger partial charge in [-0.25, -0.2) is 0 Å². The van der Waals surface area contributed by atoms with Crippen molar-refractivity contribution in [3.63, 3.8) is 0 Å². The summed E-state index contributed by atoms with van der Waals surface area (Å²) in [4.78, 5) is 0. The fraction of sp³-hybridized carbons (Fsp3) is 1.00. The van der Waals surface area contributed by atoms with E-state index in [1.165, 1.54) is 12.8 Å². The van der Waals surface area contributed by atoms with E-state index in [-0.39, 0.29) is 12.7 Å². The van der Waals surface area contributed by atoms with Crippen LogP contribution in [0.25, 0.3) is 0 Å². The largest absolute Gasteiger partial charge is 0.396 e. The SMILES string of the molecule is CC(C)OCCOCC(O)CNCC1CCCC1CO. The highest BCUT2D eigenvalue weighted by Gasteiger charge is 2.26. The molecule has 0 bridgehead atoms. The third-order valence-electron chi connectivity index (χ3n) is 3.83. The van der Waals surface area contributed by atoms with Crippen molar-refractivity contribution < 1.29 is 19.7 Å². The van der Waals surface area contributed by atoms with Gasteiger partial charge in [-0.15, -0.1) is 0 Å². The number of hydrogen-bond donors (Lipinski definition) is 3. The van der Waals surface area contributed by atoms with Gasteiger partial charge in [0.05, 0.1) is 32.0 Å². The van der Waals surface area contributed by atoms with Crippen molar-refractivity contribution in [2.45, 2.75) is 45.3 Å². The average Bonchev–Trinajstić information content (AvgIpc) is 2.85. The minimum atomic E-state index is -0.483. The van der Waals surface area contributed by atoms with Crippen molar-refractivity contribution in [2.75, 3.05) is 39.5 Å². The molecule has 5 nitrogen and oxygen atoms in total. The van der Waals surface area contributed by atoms with Crippen LogP contribution < -0.4 is 5.32 Å². The van der Waals surface area contributed by atoms with E-state index in [4.69, 9.17) is 9.47 Å². The molecule has 0 aromatic carbocycles. The molecule has 1 saturated carbocycles. The molecule has 0 radical (unpaired) electrons. The Morgan fingerprint density at radius 2 is 1.95 bits per heavy atom. The lowest BCUT2D eigenvalue weighted by atomic mass is 9.97. The summed E-state index contributed by atoms with van der Waals surface area (Å²) in [6.07, 6.45) is 3.25. The first-order valence-electron chi connectivity index (χ1n) is 7.82. The minimum absolute atomic E-state index is 0.219. The summed E-state index contributed by atoms with van der Waals surface area (Å²) in [5, 5.41) is 22.3. The van der Waals surface area contributed by atoms with Crippen molar-refractivity contribution >= 4 is 0 Å². The second kappa shape index (κ2) is 10.5. The molecule has 20 heavy (non-hydrogen) atoms. The second-order valence-electron chi connectivity index (χ2n) is 5.94. The molecule has 0 aliphatic heterocycles. The fourth-order valence-corrected chi connectivity index (χ4v) is 2.68. The molecule has 120 valence electrons. The third kappa shape index (κ3) is 7.55. The number of aliphatic hydroxyl groups excluding tert-OH is 2. The van der Waals surface area contributed by atoms with Gasteiger partial charge in [0.25, 0.3) is 0 Å². The van der Waals surface area contributed by atoms with E-state index in [0.717, 1.165) is 13.0 Å². The van der Waals surface area contributed by atoms with Gasteiger partial charge < -0.3 is 25.0 Å². The van der Waals surface area contributed by atoms with Gasteiger partial charge >= 0.3 is 0 Å². The van der Waals surface area contributed by atoms with Crippen LogP contribution in [0.2, 0.25) is 0 Å². The maximum atomic E-state index is 9.78. The lowest BCUT2D eigenvalue weighted by Crippen LogP contribution is -2.35. The zero-order valence-corrected chi connectivity index (χ0v) is 12.9. The molecule has 0 saturated heterocycles. The van der Waals surface area contributed by atoms with Crippen LogP contribution in [-0.4, -0.2) is 61.9 Å². The Morgan fingerprint density at radius 3 is 2.65 bits per heavy atom. The van der Waals surface area contributed by atoms with Gasteiger partial charge in [0.15, 0.2) is 0 Å². The molecule has 1 rings (SSSR count). The third-order valence-corrected chi connectivity index (χ3v) is 3.83. The van der Waals surface area contributed by atoms with Gasteiger partial charge in [0, 0.05) is 13.2 Å². The van der Waals surface area contributed by atoms with Crippen molar-refractivity contribution in [1.29, 1.82) is 0 Å². The van der Waals surface area contributed by atoms with Crippen LogP contribution >= 0.6 is 0 Å². The van der Waals surface area contributed by atoms with Crippen LogP contribution in [0.3, 0.4) is 0 Å². The number of hydrogen-bond acceptors (Lipinski definition) is 5. The molecule has 3 unspecified atom stereocenters. The summed E-state index contributed by atoms with van der Waals surface area (Å²) in [7, 11) is 0. The maximum Gasteiger partial charge on any atom is 0.0897 e. The molecule has 0 amide bonds. The Labute approximate surface area is 122 Å². The predicted octanol–water partition coefficient (Wildman–Crippen LogP) is 0.787. The van der Waals surface area contributed by atoms with Crippen molar-refractivity contribution in [1.82, 2.24) is 5.32 Å². The van der Waals surface area contributed by atoms with Crippen LogP contribution in [0, 0.1) is 11.8 Å². The smallest absolute Gasteiger partial charge is 0.0897 e. The molecule has 1 aliphatic carbocycles. The molecule has 3 N–H and O–H groups in total. The number of ether oxygens (including phenoxy) is 2. The van der Waals surface area contributed by atoms with Gasteiger partial charge in [-0.1, -0.05) is 6.42 Å². The molecule has 5 heteroatoms. The second-order valence-corrected chi connectivity index (χ2v) is 5.94. The lowest BCUT2D eigenvalue weighted by molar-refractivity contribution is -0.0102. The van der Waals surface area contributed by atoms with Gasteiger partial charge in [-0.2, -0.15) is 0 Å². The number of aliphatic hydroxyl groups is 2. The van der Waals surface area contributed by atoms with E-state index in [1.807, 2.05) is 13.8 Å². The molecule has 0 heterocycles. The molecule has 3 atom stereocenters. The summed E-state index contributed by atoms with van der Waals surface area (Å²) in [5.74, 6) is 0.983. The highest BCUT2D eigenvalue weighted by Crippen LogP contribution is 2.30. The minimum Gasteiger partial charge on any atom is -0.396 e. The molecular weight excluding hydrogens is 258 g/mol. The van der Waals surface area contributed by atoms with Crippen molar-refractivity contribution in [3.05, 3.63) is 0 Å². The van der Waals surface area contributed by atoms with Crippen LogP contribution in [0.1, 0.15) is 33.1 Å². The first kappa shape index (κ1) is 17.9. The maximum absolute atomic E-state index is 9.78. The number of rotatable bonds is 11. The highest BCUT2D eigenvalue weighted by atomic mass is 16.5. The molecule has 1 fully saturated rings. The summed E-state index contributed by atoms with van der Waals surface area (Å²) >= 11 is 0. The van der Waals surface area contributed by atoms with Crippen molar-refractivity contribution in [3.8, 4) is 0 Å². The quantitative estimate of drug-likeness (QED) is 0.491. The predicted molar refractivity (Wildman–Crippen MR) is 78.7 cm³/mol. The topological polar surface area (TPSA) is 71.0 Å². The summed E-state index contributed by atoms with van der Waals surface area (Å²) in [6.45, 7) is 7.10. The summed E-state index contributed by atoms with van der Waals surface area (Å²) in [5.41, 5.74) is 0. The van der Waals surface area contributed by atoms with Crippen molar-refractivity contribution in [2.24, 2.45) is 11.8 Å². The van der Waals surface area contributed by atoms with Gasteiger partial charge in [0.2, 0.25) is 0 Å².